The maximum absolute atomic E-state index is 10.9. The highest BCUT2D eigenvalue weighted by molar-refractivity contribution is 5.86. The first-order valence-corrected chi connectivity index (χ1v) is 10.1. The van der Waals surface area contributed by atoms with Crippen LogP contribution in [0.25, 0.3) is 10.8 Å². The minimum Gasteiger partial charge on any atom is -0.466 e. The van der Waals surface area contributed by atoms with Gasteiger partial charge in [-0.15, -0.1) is 0 Å². The molecule has 0 aliphatic carbocycles. The number of ether oxygens (including phenoxy) is 1. The number of hydrogen-bond donors (Lipinski definition) is 1. The van der Waals surface area contributed by atoms with E-state index in [1.807, 2.05) is 6.20 Å². The van der Waals surface area contributed by atoms with E-state index in [1.165, 1.54) is 12.5 Å². The normalized spacial score (nSPS) is 15.8. The Morgan fingerprint density at radius 1 is 1.21 bits per heavy atom. The lowest BCUT2D eigenvalue weighted by atomic mass is 9.98. The Balaban J connectivity index is 1.70. The number of hydrogen-bond acceptors (Lipinski definition) is 6. The van der Waals surface area contributed by atoms with Gasteiger partial charge in [-0.1, -0.05) is 12.1 Å². The van der Waals surface area contributed by atoms with Crippen molar-refractivity contribution in [1.29, 1.82) is 0 Å². The number of aryl methyl sites for hydroxylation is 1. The fourth-order valence-corrected chi connectivity index (χ4v) is 3.77. The third-order valence-corrected chi connectivity index (χ3v) is 5.43. The van der Waals surface area contributed by atoms with E-state index in [0.29, 0.717) is 6.61 Å². The molecule has 1 aromatic carbocycles. The molecule has 0 bridgehead atoms. The molecule has 0 saturated carbocycles. The lowest BCUT2D eigenvalue weighted by Gasteiger charge is -2.32. The largest absolute Gasteiger partial charge is 0.466 e. The molecular weight excluding hydrogens is 354 g/mol. The zero-order chi connectivity index (χ0) is 19.9. The Hall–Kier alpha value is -2.02. The average Bonchev–Trinajstić information content (AvgIpc) is 2.69. The van der Waals surface area contributed by atoms with Crippen molar-refractivity contribution in [2.45, 2.75) is 39.3 Å². The average molecular weight is 386 g/mol. The maximum Gasteiger partial charge on any atom is 0.302 e. The van der Waals surface area contributed by atoms with Gasteiger partial charge in [0.2, 0.25) is 0 Å². The number of esters is 1. The Labute approximate surface area is 167 Å². The van der Waals surface area contributed by atoms with E-state index >= 15 is 0 Å². The molecule has 1 fully saturated rings. The Kier molecular flexibility index (Phi) is 7.36. The van der Waals surface area contributed by atoms with Crippen LogP contribution in [0.4, 0.5) is 0 Å². The molecule has 0 radical (unpaired) electrons. The molecule has 2 aromatic rings. The number of rotatable bonds is 8. The van der Waals surface area contributed by atoms with Crippen LogP contribution in [0.5, 0.6) is 0 Å². The molecule has 1 N–H and O–H groups in total. The lowest BCUT2D eigenvalue weighted by molar-refractivity contribution is -0.141. The monoisotopic (exact) mass is 385 g/mol. The van der Waals surface area contributed by atoms with Crippen molar-refractivity contribution in [1.82, 2.24) is 14.8 Å². The van der Waals surface area contributed by atoms with Crippen LogP contribution in [-0.2, 0) is 29.1 Å². The predicted octanol–water partition coefficient (Wildman–Crippen LogP) is 2.36. The fourth-order valence-electron chi connectivity index (χ4n) is 3.77. The van der Waals surface area contributed by atoms with Gasteiger partial charge in [0.1, 0.15) is 0 Å². The first kappa shape index (κ1) is 20.7. The summed E-state index contributed by atoms with van der Waals surface area (Å²) in [6.07, 6.45) is 4.39. The van der Waals surface area contributed by atoms with Crippen LogP contribution in [0, 0.1) is 0 Å². The van der Waals surface area contributed by atoms with Gasteiger partial charge in [0.15, 0.2) is 0 Å². The van der Waals surface area contributed by atoms with Crippen molar-refractivity contribution < 1.29 is 14.6 Å². The molecule has 6 nitrogen and oxygen atoms in total. The van der Waals surface area contributed by atoms with Gasteiger partial charge in [-0.2, -0.15) is 0 Å². The summed E-state index contributed by atoms with van der Waals surface area (Å²) in [5.74, 6) is -0.240. The van der Waals surface area contributed by atoms with Crippen LogP contribution in [0.2, 0.25) is 0 Å². The topological polar surface area (TPSA) is 65.9 Å². The van der Waals surface area contributed by atoms with Gasteiger partial charge in [0, 0.05) is 51.2 Å². The summed E-state index contributed by atoms with van der Waals surface area (Å²) in [6.45, 7) is 7.21. The minimum atomic E-state index is -0.240. The van der Waals surface area contributed by atoms with E-state index in [9.17, 15) is 9.90 Å². The second kappa shape index (κ2) is 9.96. The number of fused-ring (bicyclic) bond motifs is 1. The standard InChI is InChI=1S/C22H31N3O3/c1-17(27)28-12-4-3-5-21-20-7-6-18(13-19(20)14-23-22(21)16-26)15-25-10-8-24(2)9-11-25/h6-7,13-14,26H,3-5,8-12,15-16H2,1-2H3. The minimum absolute atomic E-state index is 0.0573. The molecule has 152 valence electrons. The molecule has 1 saturated heterocycles. The summed E-state index contributed by atoms with van der Waals surface area (Å²) >= 11 is 0. The van der Waals surface area contributed by atoms with Crippen molar-refractivity contribution in [2.75, 3.05) is 39.8 Å². The number of likely N-dealkylation sites (N-methyl/N-ethyl adjacent to an activating group) is 1. The van der Waals surface area contributed by atoms with Crippen LogP contribution < -0.4 is 0 Å². The molecule has 0 atom stereocenters. The molecule has 28 heavy (non-hydrogen) atoms. The lowest BCUT2D eigenvalue weighted by Crippen LogP contribution is -2.43. The van der Waals surface area contributed by atoms with E-state index < -0.39 is 0 Å². The number of unbranched alkanes of at least 4 members (excludes halogenated alkanes) is 1. The SMILES string of the molecule is CC(=O)OCCCCc1c(CO)ncc2cc(CN3CCN(C)CC3)ccc12. The molecule has 3 rings (SSSR count). The zero-order valence-corrected chi connectivity index (χ0v) is 17.0. The van der Waals surface area contributed by atoms with Gasteiger partial charge in [0.25, 0.3) is 0 Å². The van der Waals surface area contributed by atoms with Gasteiger partial charge >= 0.3 is 5.97 Å². The summed E-state index contributed by atoms with van der Waals surface area (Å²) in [6, 6.07) is 6.59. The van der Waals surface area contributed by atoms with Gasteiger partial charge < -0.3 is 14.7 Å². The number of aliphatic hydroxyl groups is 1. The summed E-state index contributed by atoms with van der Waals surface area (Å²) < 4.78 is 5.01. The third kappa shape index (κ3) is 5.50. The molecule has 0 spiro atoms. The number of carbonyl (C=O) groups is 1. The summed E-state index contributed by atoms with van der Waals surface area (Å²) in [5, 5.41) is 12.0. The van der Waals surface area contributed by atoms with Gasteiger partial charge in [0.05, 0.1) is 18.9 Å². The van der Waals surface area contributed by atoms with Gasteiger partial charge in [-0.05, 0) is 48.9 Å². The number of pyridine rings is 1. The summed E-state index contributed by atoms with van der Waals surface area (Å²) in [4.78, 5) is 20.2. The van der Waals surface area contributed by atoms with Crippen molar-refractivity contribution in [2.24, 2.45) is 0 Å². The number of aliphatic hydroxyl groups excluding tert-OH is 1. The molecular formula is C22H31N3O3. The molecule has 1 aromatic heterocycles. The highest BCUT2D eigenvalue weighted by atomic mass is 16.5. The van der Waals surface area contributed by atoms with Crippen molar-refractivity contribution in [3.63, 3.8) is 0 Å². The van der Waals surface area contributed by atoms with Crippen LogP contribution >= 0.6 is 0 Å². The van der Waals surface area contributed by atoms with Crippen LogP contribution in [0.3, 0.4) is 0 Å². The maximum atomic E-state index is 10.9. The number of piperazine rings is 1. The number of benzene rings is 1. The van der Waals surface area contributed by atoms with E-state index in [1.54, 1.807) is 0 Å². The van der Waals surface area contributed by atoms with Crippen LogP contribution in [0.15, 0.2) is 24.4 Å². The molecule has 1 aliphatic rings. The smallest absolute Gasteiger partial charge is 0.302 e. The predicted molar refractivity (Wildman–Crippen MR) is 110 cm³/mol. The number of nitrogens with zero attached hydrogens (tertiary/aromatic N) is 3. The number of aromatic nitrogens is 1. The molecule has 2 heterocycles. The summed E-state index contributed by atoms with van der Waals surface area (Å²) in [7, 11) is 2.17. The molecule has 1 aliphatic heterocycles. The van der Waals surface area contributed by atoms with E-state index in [0.717, 1.165) is 74.0 Å². The highest BCUT2D eigenvalue weighted by Crippen LogP contribution is 2.25. The van der Waals surface area contributed by atoms with Crippen LogP contribution in [-0.4, -0.2) is 65.7 Å². The van der Waals surface area contributed by atoms with Crippen molar-refractivity contribution in [3.05, 3.63) is 41.2 Å². The first-order valence-electron chi connectivity index (χ1n) is 10.1. The molecule has 0 amide bonds. The zero-order valence-electron chi connectivity index (χ0n) is 17.0. The summed E-state index contributed by atoms with van der Waals surface area (Å²) in [5.41, 5.74) is 3.15. The second-order valence-corrected chi connectivity index (χ2v) is 7.64. The Morgan fingerprint density at radius 2 is 2.00 bits per heavy atom. The van der Waals surface area contributed by atoms with Gasteiger partial charge in [-0.3, -0.25) is 14.7 Å². The van der Waals surface area contributed by atoms with E-state index in [4.69, 9.17) is 4.74 Å². The second-order valence-electron chi connectivity index (χ2n) is 7.64. The van der Waals surface area contributed by atoms with E-state index in [-0.39, 0.29) is 12.6 Å². The Bertz CT molecular complexity index is 801. The van der Waals surface area contributed by atoms with Crippen LogP contribution in [0.1, 0.15) is 36.6 Å². The number of carbonyl (C=O) groups excluding carboxylic acids is 1. The Morgan fingerprint density at radius 3 is 2.71 bits per heavy atom. The fraction of sp³-hybridized carbons (Fsp3) is 0.545. The third-order valence-electron chi connectivity index (χ3n) is 5.43. The van der Waals surface area contributed by atoms with Gasteiger partial charge in [-0.25, -0.2) is 0 Å². The first-order chi connectivity index (χ1) is 13.6. The van der Waals surface area contributed by atoms with Crippen molar-refractivity contribution >= 4 is 16.7 Å². The molecule has 0 unspecified atom stereocenters. The quantitative estimate of drug-likeness (QED) is 0.556. The highest BCUT2D eigenvalue weighted by Gasteiger charge is 2.15. The van der Waals surface area contributed by atoms with E-state index in [2.05, 4.69) is 40.0 Å². The molecule has 6 heteroatoms. The van der Waals surface area contributed by atoms with Crippen molar-refractivity contribution in [3.8, 4) is 0 Å².